The van der Waals surface area contributed by atoms with Gasteiger partial charge in [-0.25, -0.2) is 0 Å². The number of hydrogen-bond acceptors (Lipinski definition) is 3. The molecule has 2 saturated heterocycles. The van der Waals surface area contributed by atoms with Crippen LogP contribution in [-0.4, -0.2) is 37.0 Å². The minimum atomic E-state index is 0.221. The van der Waals surface area contributed by atoms with Crippen molar-refractivity contribution in [3.63, 3.8) is 0 Å². The topological polar surface area (TPSA) is 32.3 Å². The summed E-state index contributed by atoms with van der Waals surface area (Å²) in [5, 5.41) is 7.39. The number of likely N-dealkylation sites (tertiary alicyclic amines) is 1. The van der Waals surface area contributed by atoms with Gasteiger partial charge < -0.3 is 10.2 Å². The first-order valence-electron chi connectivity index (χ1n) is 6.37. The van der Waals surface area contributed by atoms with Crippen LogP contribution in [0.5, 0.6) is 0 Å². The Morgan fingerprint density at radius 2 is 2.00 bits per heavy atom. The standard InChI is InChI=1S/C13H18N2OS/c16-13(12-3-6-17-9-12)15-4-1-10-7-14-8-11(10)2-5-15/h3,6,9-11,14H,1-2,4-5,7-8H2/t10-,11+. The Hall–Kier alpha value is -0.870. The van der Waals surface area contributed by atoms with Crippen LogP contribution in [0.25, 0.3) is 0 Å². The van der Waals surface area contributed by atoms with Crippen molar-refractivity contribution >= 4 is 17.2 Å². The molecule has 1 amide bonds. The normalized spacial score (nSPS) is 28.8. The molecule has 0 bridgehead atoms. The predicted octanol–water partition coefficient (Wildman–Crippen LogP) is 1.82. The van der Waals surface area contributed by atoms with Crippen molar-refractivity contribution in [1.29, 1.82) is 0 Å². The van der Waals surface area contributed by atoms with Gasteiger partial charge in [0.2, 0.25) is 0 Å². The number of rotatable bonds is 1. The van der Waals surface area contributed by atoms with Gasteiger partial charge in [0, 0.05) is 18.5 Å². The highest BCUT2D eigenvalue weighted by atomic mass is 32.1. The van der Waals surface area contributed by atoms with E-state index in [1.165, 1.54) is 0 Å². The fourth-order valence-corrected chi connectivity index (χ4v) is 3.62. The van der Waals surface area contributed by atoms with Gasteiger partial charge in [-0.05, 0) is 49.2 Å². The van der Waals surface area contributed by atoms with Crippen molar-refractivity contribution < 1.29 is 4.79 Å². The number of amides is 1. The third kappa shape index (κ3) is 2.24. The first-order chi connectivity index (χ1) is 8.34. The van der Waals surface area contributed by atoms with E-state index in [1.807, 2.05) is 21.7 Å². The van der Waals surface area contributed by atoms with Gasteiger partial charge in [-0.2, -0.15) is 11.3 Å². The Bertz CT molecular complexity index is 376. The summed E-state index contributed by atoms with van der Waals surface area (Å²) in [4.78, 5) is 14.3. The molecule has 0 radical (unpaired) electrons. The maximum atomic E-state index is 12.3. The fraction of sp³-hybridized carbons (Fsp3) is 0.615. The van der Waals surface area contributed by atoms with Crippen LogP contribution in [0.1, 0.15) is 23.2 Å². The summed E-state index contributed by atoms with van der Waals surface area (Å²) < 4.78 is 0. The molecular formula is C13H18N2OS. The highest BCUT2D eigenvalue weighted by Crippen LogP contribution is 2.27. The zero-order valence-corrected chi connectivity index (χ0v) is 10.7. The van der Waals surface area contributed by atoms with Crippen molar-refractivity contribution in [1.82, 2.24) is 10.2 Å². The summed E-state index contributed by atoms with van der Waals surface area (Å²) in [5.41, 5.74) is 0.861. The van der Waals surface area contributed by atoms with Crippen LogP contribution in [0.3, 0.4) is 0 Å². The van der Waals surface area contributed by atoms with Gasteiger partial charge in [-0.1, -0.05) is 0 Å². The van der Waals surface area contributed by atoms with Crippen LogP contribution in [0.2, 0.25) is 0 Å². The van der Waals surface area contributed by atoms with Crippen LogP contribution in [0.4, 0.5) is 0 Å². The number of nitrogens with one attached hydrogen (secondary N) is 1. The minimum Gasteiger partial charge on any atom is -0.339 e. The Kier molecular flexibility index (Phi) is 3.16. The predicted molar refractivity (Wildman–Crippen MR) is 69.3 cm³/mol. The molecule has 3 heterocycles. The maximum Gasteiger partial charge on any atom is 0.254 e. The third-order valence-corrected chi connectivity index (χ3v) is 4.76. The number of carbonyl (C=O) groups excluding carboxylic acids is 1. The second kappa shape index (κ2) is 4.78. The number of carbonyl (C=O) groups is 1. The molecule has 2 fully saturated rings. The van der Waals surface area contributed by atoms with Crippen LogP contribution in [0.15, 0.2) is 16.8 Å². The van der Waals surface area contributed by atoms with Crippen LogP contribution < -0.4 is 5.32 Å². The van der Waals surface area contributed by atoms with Crippen LogP contribution in [0, 0.1) is 11.8 Å². The van der Waals surface area contributed by atoms with Gasteiger partial charge in [0.15, 0.2) is 0 Å². The Morgan fingerprint density at radius 1 is 1.29 bits per heavy atom. The summed E-state index contributed by atoms with van der Waals surface area (Å²) in [6.07, 6.45) is 2.32. The zero-order chi connectivity index (χ0) is 11.7. The molecule has 3 nitrogen and oxygen atoms in total. The summed E-state index contributed by atoms with van der Waals surface area (Å²) in [7, 11) is 0. The second-order valence-corrected chi connectivity index (χ2v) is 5.84. The lowest BCUT2D eigenvalue weighted by molar-refractivity contribution is 0.0759. The van der Waals surface area contributed by atoms with Gasteiger partial charge in [0.25, 0.3) is 5.91 Å². The lowest BCUT2D eigenvalue weighted by Gasteiger charge is -2.20. The summed E-state index contributed by atoms with van der Waals surface area (Å²) in [6.45, 7) is 4.14. The van der Waals surface area contributed by atoms with E-state index in [-0.39, 0.29) is 5.91 Å². The second-order valence-electron chi connectivity index (χ2n) is 5.06. The van der Waals surface area contributed by atoms with Crippen molar-refractivity contribution in [3.8, 4) is 0 Å². The van der Waals surface area contributed by atoms with E-state index in [0.29, 0.717) is 0 Å². The molecule has 3 rings (SSSR count). The molecule has 0 spiro atoms. The quantitative estimate of drug-likeness (QED) is 0.824. The molecule has 1 N–H and O–H groups in total. The molecule has 0 saturated carbocycles. The lowest BCUT2D eigenvalue weighted by Crippen LogP contribution is -2.32. The lowest BCUT2D eigenvalue weighted by atomic mass is 9.92. The highest BCUT2D eigenvalue weighted by molar-refractivity contribution is 7.08. The molecule has 92 valence electrons. The number of thiophene rings is 1. The van der Waals surface area contributed by atoms with E-state index < -0.39 is 0 Å². The smallest absolute Gasteiger partial charge is 0.254 e. The SMILES string of the molecule is O=C(c1ccsc1)N1CC[C@@H]2CNC[C@@H]2CC1. The van der Waals surface area contributed by atoms with E-state index in [1.54, 1.807) is 11.3 Å². The first kappa shape index (κ1) is 11.2. The first-order valence-corrected chi connectivity index (χ1v) is 7.31. The van der Waals surface area contributed by atoms with E-state index >= 15 is 0 Å². The molecule has 2 aliphatic heterocycles. The van der Waals surface area contributed by atoms with E-state index in [2.05, 4.69) is 5.32 Å². The van der Waals surface area contributed by atoms with Crippen molar-refractivity contribution in [3.05, 3.63) is 22.4 Å². The summed E-state index contributed by atoms with van der Waals surface area (Å²) in [5.74, 6) is 1.80. The van der Waals surface area contributed by atoms with Gasteiger partial charge in [0.05, 0.1) is 5.56 Å². The minimum absolute atomic E-state index is 0.221. The van der Waals surface area contributed by atoms with Crippen molar-refractivity contribution in [2.45, 2.75) is 12.8 Å². The van der Waals surface area contributed by atoms with E-state index in [0.717, 1.165) is 56.4 Å². The molecule has 0 aliphatic carbocycles. The van der Waals surface area contributed by atoms with Gasteiger partial charge >= 0.3 is 0 Å². The van der Waals surface area contributed by atoms with Gasteiger partial charge in [-0.3, -0.25) is 4.79 Å². The average Bonchev–Trinajstić information content (AvgIpc) is 2.97. The number of nitrogens with zero attached hydrogens (tertiary/aromatic N) is 1. The number of hydrogen-bond donors (Lipinski definition) is 1. The fourth-order valence-electron chi connectivity index (χ4n) is 2.99. The third-order valence-electron chi connectivity index (χ3n) is 4.07. The van der Waals surface area contributed by atoms with E-state index in [9.17, 15) is 4.79 Å². The molecule has 2 aliphatic rings. The van der Waals surface area contributed by atoms with Gasteiger partial charge in [0.1, 0.15) is 0 Å². The monoisotopic (exact) mass is 250 g/mol. The van der Waals surface area contributed by atoms with Crippen molar-refractivity contribution in [2.75, 3.05) is 26.2 Å². The van der Waals surface area contributed by atoms with Crippen molar-refractivity contribution in [2.24, 2.45) is 11.8 Å². The molecule has 4 heteroatoms. The highest BCUT2D eigenvalue weighted by Gasteiger charge is 2.31. The van der Waals surface area contributed by atoms with Crippen LogP contribution in [-0.2, 0) is 0 Å². The molecule has 1 aromatic rings. The average molecular weight is 250 g/mol. The molecule has 2 atom stereocenters. The largest absolute Gasteiger partial charge is 0.339 e. The molecule has 0 unspecified atom stereocenters. The Balaban J connectivity index is 1.67. The zero-order valence-electron chi connectivity index (χ0n) is 9.89. The Morgan fingerprint density at radius 3 is 2.59 bits per heavy atom. The molecule has 0 aromatic carbocycles. The summed E-state index contributed by atoms with van der Waals surface area (Å²) in [6, 6.07) is 1.93. The van der Waals surface area contributed by atoms with Crippen LogP contribution >= 0.6 is 11.3 Å². The van der Waals surface area contributed by atoms with E-state index in [4.69, 9.17) is 0 Å². The summed E-state index contributed by atoms with van der Waals surface area (Å²) >= 11 is 1.60. The Labute approximate surface area is 106 Å². The number of fused-ring (bicyclic) bond motifs is 1. The molecular weight excluding hydrogens is 232 g/mol. The van der Waals surface area contributed by atoms with Gasteiger partial charge in [-0.15, -0.1) is 0 Å². The maximum absolute atomic E-state index is 12.3. The molecule has 1 aromatic heterocycles. The molecule has 17 heavy (non-hydrogen) atoms.